The van der Waals surface area contributed by atoms with Crippen LogP contribution in [-0.4, -0.2) is 0 Å². The summed E-state index contributed by atoms with van der Waals surface area (Å²) in [6.07, 6.45) is 1.54. The summed E-state index contributed by atoms with van der Waals surface area (Å²) in [6, 6.07) is 0. The average molecular weight is 253 g/mol. The Morgan fingerprint density at radius 1 is 1.14 bits per heavy atom. The Bertz CT molecular complexity index is 248. The molecular formula is C8H13ClF4S. The molecule has 86 valence electrons. The highest BCUT2D eigenvalue weighted by Crippen LogP contribution is 3.04. The molecule has 0 aromatic rings. The van der Waals surface area contributed by atoms with Crippen molar-refractivity contribution in [3.63, 3.8) is 0 Å². The van der Waals surface area contributed by atoms with Gasteiger partial charge in [-0.3, -0.25) is 0 Å². The second kappa shape index (κ2) is 3.98. The van der Waals surface area contributed by atoms with E-state index < -0.39 is 14.0 Å². The molecule has 0 unspecified atom stereocenters. The lowest BCUT2D eigenvalue weighted by Crippen LogP contribution is -2.05. The molecule has 0 bridgehead atoms. The van der Waals surface area contributed by atoms with Gasteiger partial charge in [-0.15, -0.1) is 15.5 Å². The van der Waals surface area contributed by atoms with Crippen LogP contribution in [0.3, 0.4) is 0 Å². The van der Waals surface area contributed by atoms with Crippen LogP contribution >= 0.6 is 19.7 Å². The quantitative estimate of drug-likeness (QED) is 0.437. The molecule has 0 aliphatic heterocycles. The first-order valence-corrected chi connectivity index (χ1v) is 6.58. The molecule has 14 heavy (non-hydrogen) atoms. The maximum atomic E-state index is 12.3. The monoisotopic (exact) mass is 252 g/mol. The van der Waals surface area contributed by atoms with Gasteiger partial charge in [0, 0.05) is 10.7 Å². The van der Waals surface area contributed by atoms with E-state index in [2.05, 4.69) is 23.8 Å². The SMILES string of the molecule is C=C/C=C(\C=C)S(F)(F)(F)(F)Cl.CC. The van der Waals surface area contributed by atoms with Crippen LogP contribution in [0.4, 0.5) is 15.5 Å². The lowest BCUT2D eigenvalue weighted by molar-refractivity contribution is 0.497. The van der Waals surface area contributed by atoms with E-state index in [0.717, 1.165) is 6.08 Å². The van der Waals surface area contributed by atoms with Gasteiger partial charge in [0.25, 0.3) is 9.05 Å². The molecule has 6 heteroatoms. The van der Waals surface area contributed by atoms with Gasteiger partial charge in [0.05, 0.1) is 4.91 Å². The van der Waals surface area contributed by atoms with E-state index in [9.17, 15) is 15.5 Å². The Morgan fingerprint density at radius 3 is 1.57 bits per heavy atom. The Morgan fingerprint density at radius 2 is 1.50 bits per heavy atom. The zero-order valence-corrected chi connectivity index (χ0v) is 9.52. The summed E-state index contributed by atoms with van der Waals surface area (Å²) in [6.45, 7) is 9.80. The van der Waals surface area contributed by atoms with Gasteiger partial charge in [-0.1, -0.05) is 33.1 Å². The third-order valence-corrected chi connectivity index (χ3v) is 2.66. The van der Waals surface area contributed by atoms with Crippen molar-refractivity contribution < 1.29 is 15.5 Å². The summed E-state index contributed by atoms with van der Waals surface area (Å²) in [4.78, 5) is -1.59. The Hall–Kier alpha value is -0.420. The predicted octanol–water partition coefficient (Wildman–Crippen LogP) is 5.84. The molecule has 0 N–H and O–H groups in total. The zero-order chi connectivity index (χ0) is 12.1. The van der Waals surface area contributed by atoms with Gasteiger partial charge in [0.1, 0.15) is 0 Å². The highest BCUT2D eigenvalue weighted by molar-refractivity contribution is 8.68. The number of halogens is 5. The van der Waals surface area contributed by atoms with Crippen LogP contribution in [0.15, 0.2) is 36.3 Å². The van der Waals surface area contributed by atoms with Crippen LogP contribution in [0.5, 0.6) is 0 Å². The molecule has 0 aliphatic carbocycles. The first kappa shape index (κ1) is 16.0. The standard InChI is InChI=1S/C6H7ClF4S.C2H6/c1-3-5-6(4-2)12(7,8,9,10)11;1-2/h3-5H,1-2H2;1-2H3/b6-5+;. The van der Waals surface area contributed by atoms with Crippen LogP contribution in [0.1, 0.15) is 13.8 Å². The molecule has 0 aliphatic rings. The summed E-state index contributed by atoms with van der Waals surface area (Å²) in [5.41, 5.74) is 0. The second-order valence-corrected chi connectivity index (χ2v) is 6.25. The maximum absolute atomic E-state index is 12.3. The van der Waals surface area contributed by atoms with Crippen molar-refractivity contribution in [2.75, 3.05) is 0 Å². The van der Waals surface area contributed by atoms with Gasteiger partial charge in [0.2, 0.25) is 0 Å². The molecule has 0 saturated heterocycles. The molecular weight excluding hydrogens is 240 g/mol. The molecule has 0 rings (SSSR count). The number of allylic oxidation sites excluding steroid dienone is 3. The van der Waals surface area contributed by atoms with Crippen LogP contribution in [0.2, 0.25) is 0 Å². The number of rotatable bonds is 3. The summed E-state index contributed by atoms with van der Waals surface area (Å²) >= 11 is 0. The van der Waals surface area contributed by atoms with Gasteiger partial charge >= 0.3 is 0 Å². The highest BCUT2D eigenvalue weighted by Gasteiger charge is 2.63. The highest BCUT2D eigenvalue weighted by atomic mass is 35.7. The third-order valence-electron chi connectivity index (χ3n) is 0.929. The average Bonchev–Trinajstić information content (AvgIpc) is 1.99. The predicted molar refractivity (Wildman–Crippen MR) is 57.7 cm³/mol. The Labute approximate surface area is 85.9 Å². The minimum atomic E-state index is -8.56. The first-order valence-electron chi connectivity index (χ1n) is 3.70. The van der Waals surface area contributed by atoms with E-state index in [1.54, 1.807) is 0 Å². The molecule has 0 fully saturated rings. The molecule has 0 atom stereocenters. The fourth-order valence-electron chi connectivity index (χ4n) is 0.470. The van der Waals surface area contributed by atoms with Gasteiger partial charge in [-0.05, 0) is 12.2 Å². The van der Waals surface area contributed by atoms with Crippen molar-refractivity contribution in [2.24, 2.45) is 0 Å². The lowest BCUT2D eigenvalue weighted by Gasteiger charge is -2.43. The van der Waals surface area contributed by atoms with Crippen LogP contribution in [0, 0.1) is 0 Å². The smallest absolute Gasteiger partial charge is 0.107 e. The van der Waals surface area contributed by atoms with Crippen LogP contribution < -0.4 is 0 Å². The molecule has 0 heterocycles. The molecule has 0 radical (unpaired) electrons. The number of hydrogen-bond acceptors (Lipinski definition) is 0. The summed E-state index contributed by atoms with van der Waals surface area (Å²) < 4.78 is 49.2. The van der Waals surface area contributed by atoms with Crippen molar-refractivity contribution in [1.82, 2.24) is 0 Å². The van der Waals surface area contributed by atoms with Gasteiger partial charge in [-0.25, -0.2) is 0 Å². The van der Waals surface area contributed by atoms with Gasteiger partial charge < -0.3 is 0 Å². The fraction of sp³-hybridized carbons (Fsp3) is 0.250. The summed E-state index contributed by atoms with van der Waals surface area (Å²) in [7, 11) is -4.60. The van der Waals surface area contributed by atoms with Crippen molar-refractivity contribution in [2.45, 2.75) is 13.8 Å². The summed E-state index contributed by atoms with van der Waals surface area (Å²) in [5.74, 6) is 0. The van der Waals surface area contributed by atoms with E-state index in [1.807, 2.05) is 13.8 Å². The van der Waals surface area contributed by atoms with Crippen LogP contribution in [0.25, 0.3) is 0 Å². The molecule has 0 aromatic carbocycles. The van der Waals surface area contributed by atoms with E-state index in [0.29, 0.717) is 12.2 Å². The third kappa shape index (κ3) is 6.10. The van der Waals surface area contributed by atoms with Crippen molar-refractivity contribution in [1.29, 1.82) is 0 Å². The minimum Gasteiger partial charge on any atom is -0.107 e. The van der Waals surface area contributed by atoms with E-state index in [4.69, 9.17) is 0 Å². The second-order valence-electron chi connectivity index (χ2n) is 1.98. The Balaban J connectivity index is 0. The van der Waals surface area contributed by atoms with E-state index in [-0.39, 0.29) is 0 Å². The first-order chi connectivity index (χ1) is 6.01. The topological polar surface area (TPSA) is 0 Å². The van der Waals surface area contributed by atoms with Gasteiger partial charge in [-0.2, -0.15) is 0 Å². The van der Waals surface area contributed by atoms with Crippen LogP contribution in [-0.2, 0) is 0 Å². The van der Waals surface area contributed by atoms with Crippen molar-refractivity contribution >= 4 is 19.7 Å². The van der Waals surface area contributed by atoms with Gasteiger partial charge in [0.15, 0.2) is 0 Å². The molecule has 0 saturated carbocycles. The molecule has 0 aromatic heterocycles. The lowest BCUT2D eigenvalue weighted by atomic mass is 10.5. The van der Waals surface area contributed by atoms with Crippen molar-refractivity contribution in [3.05, 3.63) is 36.3 Å². The van der Waals surface area contributed by atoms with E-state index >= 15 is 0 Å². The fourth-order valence-corrected chi connectivity index (χ4v) is 1.48. The van der Waals surface area contributed by atoms with E-state index in [1.165, 1.54) is 0 Å². The normalized spacial score (nSPS) is 16.9. The largest absolute Gasteiger partial charge is 0.253 e. The minimum absolute atomic E-state index is 0.316. The molecule has 0 spiro atoms. The molecule has 0 amide bonds. The number of hydrogen-bond donors (Lipinski definition) is 0. The Kier molecular flexibility index (Phi) is 4.56. The summed E-state index contributed by atoms with van der Waals surface area (Å²) in [5, 5.41) is 0. The maximum Gasteiger partial charge on any atom is 0.253 e. The van der Waals surface area contributed by atoms with Crippen molar-refractivity contribution in [3.8, 4) is 0 Å². The zero-order valence-electron chi connectivity index (χ0n) is 7.94. The molecule has 0 nitrogen and oxygen atoms in total.